The first-order valence-corrected chi connectivity index (χ1v) is 5.79. The Kier molecular flexibility index (Phi) is 3.58. The molecule has 0 bridgehead atoms. The molecule has 1 heterocycles. The zero-order valence-corrected chi connectivity index (χ0v) is 10.5. The molecule has 0 saturated heterocycles. The van der Waals surface area contributed by atoms with Gasteiger partial charge in [0.05, 0.1) is 5.69 Å². The fourth-order valence-corrected chi connectivity index (χ4v) is 1.71. The van der Waals surface area contributed by atoms with E-state index < -0.39 is 0 Å². The van der Waals surface area contributed by atoms with Gasteiger partial charge < -0.3 is 10.6 Å². The molecule has 0 saturated carbocycles. The van der Waals surface area contributed by atoms with Crippen molar-refractivity contribution in [2.24, 2.45) is 5.73 Å². The van der Waals surface area contributed by atoms with E-state index in [9.17, 15) is 4.39 Å². The lowest BCUT2D eigenvalue weighted by atomic mass is 10.1. The summed E-state index contributed by atoms with van der Waals surface area (Å²) in [5.74, 6) is 0.419. The maximum Gasteiger partial charge on any atom is 0.146 e. The SMILES string of the molecule is CC(N)c1ccc(N(C)c2ccccc2F)nc1. The van der Waals surface area contributed by atoms with Crippen molar-refractivity contribution in [3.8, 4) is 0 Å². The zero-order valence-electron chi connectivity index (χ0n) is 10.5. The Hall–Kier alpha value is -1.94. The van der Waals surface area contributed by atoms with Crippen molar-refractivity contribution in [3.63, 3.8) is 0 Å². The molecule has 3 nitrogen and oxygen atoms in total. The normalized spacial score (nSPS) is 12.2. The van der Waals surface area contributed by atoms with Crippen LogP contribution >= 0.6 is 0 Å². The summed E-state index contributed by atoms with van der Waals surface area (Å²) in [5, 5.41) is 0. The molecule has 4 heteroatoms. The average Bonchev–Trinajstić information content (AvgIpc) is 2.38. The van der Waals surface area contributed by atoms with Crippen LogP contribution in [0.15, 0.2) is 42.6 Å². The minimum Gasteiger partial charge on any atom is -0.327 e. The highest BCUT2D eigenvalue weighted by Crippen LogP contribution is 2.24. The van der Waals surface area contributed by atoms with Crippen LogP contribution in [0.4, 0.5) is 15.9 Å². The van der Waals surface area contributed by atoms with E-state index >= 15 is 0 Å². The van der Waals surface area contributed by atoms with Gasteiger partial charge in [-0.05, 0) is 30.7 Å². The molecule has 1 aromatic heterocycles. The van der Waals surface area contributed by atoms with Crippen LogP contribution in [0, 0.1) is 5.82 Å². The predicted molar refractivity (Wildman–Crippen MR) is 71.3 cm³/mol. The lowest BCUT2D eigenvalue weighted by Gasteiger charge is -2.19. The summed E-state index contributed by atoms with van der Waals surface area (Å²) in [6, 6.07) is 10.3. The summed E-state index contributed by atoms with van der Waals surface area (Å²) < 4.78 is 13.6. The van der Waals surface area contributed by atoms with Crippen LogP contribution in [0.1, 0.15) is 18.5 Å². The Balaban J connectivity index is 2.29. The maximum absolute atomic E-state index is 13.6. The molecule has 0 aliphatic rings. The molecule has 0 radical (unpaired) electrons. The Labute approximate surface area is 106 Å². The van der Waals surface area contributed by atoms with E-state index in [1.165, 1.54) is 6.07 Å². The number of nitrogens with zero attached hydrogens (tertiary/aromatic N) is 2. The van der Waals surface area contributed by atoms with E-state index in [2.05, 4.69) is 4.98 Å². The summed E-state index contributed by atoms with van der Waals surface area (Å²) in [5.41, 5.74) is 7.22. The molecular weight excluding hydrogens is 229 g/mol. The number of halogens is 1. The minimum absolute atomic E-state index is 0.0506. The summed E-state index contributed by atoms with van der Waals surface area (Å²) in [7, 11) is 1.78. The minimum atomic E-state index is -0.266. The van der Waals surface area contributed by atoms with Gasteiger partial charge >= 0.3 is 0 Å². The van der Waals surface area contributed by atoms with Crippen LogP contribution < -0.4 is 10.6 Å². The number of aromatic nitrogens is 1. The van der Waals surface area contributed by atoms with Crippen molar-refractivity contribution >= 4 is 11.5 Å². The topological polar surface area (TPSA) is 42.1 Å². The number of rotatable bonds is 3. The van der Waals surface area contributed by atoms with Gasteiger partial charge in [-0.3, -0.25) is 0 Å². The van der Waals surface area contributed by atoms with Gasteiger partial charge in [0, 0.05) is 19.3 Å². The van der Waals surface area contributed by atoms with Crippen LogP contribution in [-0.2, 0) is 0 Å². The lowest BCUT2D eigenvalue weighted by Crippen LogP contribution is -2.13. The third kappa shape index (κ3) is 2.49. The summed E-state index contributed by atoms with van der Waals surface area (Å²) in [6.45, 7) is 1.90. The van der Waals surface area contributed by atoms with Gasteiger partial charge in [0.2, 0.25) is 0 Å². The molecule has 0 spiro atoms. The van der Waals surface area contributed by atoms with Gasteiger partial charge in [0.1, 0.15) is 11.6 Å². The van der Waals surface area contributed by atoms with Crippen LogP contribution in [0.2, 0.25) is 0 Å². The molecular formula is C14H16FN3. The quantitative estimate of drug-likeness (QED) is 0.903. The van der Waals surface area contributed by atoms with Gasteiger partial charge in [-0.2, -0.15) is 0 Å². The molecule has 0 amide bonds. The number of hydrogen-bond donors (Lipinski definition) is 1. The molecule has 0 aliphatic heterocycles. The van der Waals surface area contributed by atoms with Crippen LogP contribution in [-0.4, -0.2) is 12.0 Å². The molecule has 0 aliphatic carbocycles. The largest absolute Gasteiger partial charge is 0.327 e. The highest BCUT2D eigenvalue weighted by atomic mass is 19.1. The molecule has 2 N–H and O–H groups in total. The van der Waals surface area contributed by atoms with Crippen LogP contribution in [0.5, 0.6) is 0 Å². The highest BCUT2D eigenvalue weighted by Gasteiger charge is 2.10. The summed E-state index contributed by atoms with van der Waals surface area (Å²) in [4.78, 5) is 6.01. The first-order chi connectivity index (χ1) is 8.59. The molecule has 1 aromatic carbocycles. The highest BCUT2D eigenvalue weighted by molar-refractivity contribution is 5.59. The van der Waals surface area contributed by atoms with E-state index in [0.717, 1.165) is 5.56 Å². The maximum atomic E-state index is 13.6. The first kappa shape index (κ1) is 12.5. The molecule has 2 aromatic rings. The van der Waals surface area contributed by atoms with Crippen molar-refractivity contribution in [3.05, 3.63) is 54.0 Å². The standard InChI is InChI=1S/C14H16FN3/c1-10(16)11-7-8-14(17-9-11)18(2)13-6-4-3-5-12(13)15/h3-10H,16H2,1-2H3. The van der Waals surface area contributed by atoms with Crippen molar-refractivity contribution in [1.29, 1.82) is 0 Å². The Morgan fingerprint density at radius 1 is 1.22 bits per heavy atom. The molecule has 2 rings (SSSR count). The fourth-order valence-electron chi connectivity index (χ4n) is 1.71. The molecule has 94 valence electrons. The second kappa shape index (κ2) is 5.14. The van der Waals surface area contributed by atoms with Gasteiger partial charge in [0.25, 0.3) is 0 Å². The van der Waals surface area contributed by atoms with E-state index in [0.29, 0.717) is 11.5 Å². The smallest absolute Gasteiger partial charge is 0.146 e. The zero-order chi connectivity index (χ0) is 13.1. The van der Waals surface area contributed by atoms with E-state index in [4.69, 9.17) is 5.73 Å². The molecule has 1 atom stereocenters. The van der Waals surface area contributed by atoms with Crippen LogP contribution in [0.3, 0.4) is 0 Å². The predicted octanol–water partition coefficient (Wildman–Crippen LogP) is 3.01. The summed E-state index contributed by atoms with van der Waals surface area (Å²) >= 11 is 0. The van der Waals surface area contributed by atoms with Gasteiger partial charge in [-0.25, -0.2) is 9.37 Å². The Morgan fingerprint density at radius 2 is 1.94 bits per heavy atom. The number of para-hydroxylation sites is 1. The van der Waals surface area contributed by atoms with Crippen molar-refractivity contribution in [1.82, 2.24) is 4.98 Å². The van der Waals surface area contributed by atoms with E-state index in [1.807, 2.05) is 19.1 Å². The van der Waals surface area contributed by atoms with Gasteiger partial charge in [-0.15, -0.1) is 0 Å². The van der Waals surface area contributed by atoms with E-state index in [-0.39, 0.29) is 11.9 Å². The van der Waals surface area contributed by atoms with Crippen molar-refractivity contribution in [2.75, 3.05) is 11.9 Å². The Bertz CT molecular complexity index is 523. The second-order valence-electron chi connectivity index (χ2n) is 4.25. The molecule has 0 fully saturated rings. The Morgan fingerprint density at radius 3 is 2.50 bits per heavy atom. The lowest BCUT2D eigenvalue weighted by molar-refractivity contribution is 0.627. The van der Waals surface area contributed by atoms with Gasteiger partial charge in [0.15, 0.2) is 0 Å². The van der Waals surface area contributed by atoms with Gasteiger partial charge in [-0.1, -0.05) is 18.2 Å². The monoisotopic (exact) mass is 245 g/mol. The first-order valence-electron chi connectivity index (χ1n) is 5.79. The third-order valence-electron chi connectivity index (χ3n) is 2.85. The number of benzene rings is 1. The van der Waals surface area contributed by atoms with E-state index in [1.54, 1.807) is 36.3 Å². The number of hydrogen-bond acceptors (Lipinski definition) is 3. The average molecular weight is 245 g/mol. The molecule has 18 heavy (non-hydrogen) atoms. The summed E-state index contributed by atoms with van der Waals surface area (Å²) in [6.07, 6.45) is 1.72. The fraction of sp³-hybridized carbons (Fsp3) is 0.214. The second-order valence-corrected chi connectivity index (χ2v) is 4.25. The van der Waals surface area contributed by atoms with Crippen molar-refractivity contribution in [2.45, 2.75) is 13.0 Å². The third-order valence-corrected chi connectivity index (χ3v) is 2.85. The van der Waals surface area contributed by atoms with Crippen LogP contribution in [0.25, 0.3) is 0 Å². The number of nitrogens with two attached hydrogens (primary N) is 1. The number of pyridine rings is 1. The molecule has 1 unspecified atom stereocenters. The van der Waals surface area contributed by atoms with Crippen molar-refractivity contribution < 1.29 is 4.39 Å². The number of anilines is 2.